The Labute approximate surface area is 162 Å². The molecule has 2 N–H and O–H groups in total. The average Bonchev–Trinajstić information content (AvgIpc) is 3.07. The van der Waals surface area contributed by atoms with Gasteiger partial charge in [0.25, 0.3) is 0 Å². The van der Waals surface area contributed by atoms with Gasteiger partial charge in [-0.3, -0.25) is 14.9 Å². The highest BCUT2D eigenvalue weighted by Crippen LogP contribution is 2.19. The van der Waals surface area contributed by atoms with Crippen molar-refractivity contribution < 1.29 is 14.3 Å². The lowest BCUT2D eigenvalue weighted by atomic mass is 10.0. The Morgan fingerprint density at radius 3 is 2.81 bits per heavy atom. The number of carbonyl (C=O) groups is 2. The molecule has 1 aromatic carbocycles. The van der Waals surface area contributed by atoms with Gasteiger partial charge in [0, 0.05) is 19.4 Å². The SMILES string of the molecule is CC(C)Cc1nnc(NC(=O)C2CC(=O)C(OCc3ccccc3)CN2)s1. The van der Waals surface area contributed by atoms with E-state index in [1.807, 2.05) is 30.3 Å². The molecule has 27 heavy (non-hydrogen) atoms. The van der Waals surface area contributed by atoms with E-state index in [1.54, 1.807) is 0 Å². The standard InChI is InChI=1S/C19H24N4O3S/c1-12(2)8-17-22-23-19(27-17)21-18(25)14-9-15(24)16(10-20-14)26-11-13-6-4-3-5-7-13/h3-7,12,14,16,20H,8-11H2,1-2H3,(H,21,23,25). The first-order valence-corrected chi connectivity index (χ1v) is 9.87. The number of nitrogens with zero attached hydrogens (tertiary/aromatic N) is 2. The zero-order chi connectivity index (χ0) is 19.2. The summed E-state index contributed by atoms with van der Waals surface area (Å²) in [5.41, 5.74) is 1.01. The van der Waals surface area contributed by atoms with Gasteiger partial charge in [0.1, 0.15) is 11.1 Å². The van der Waals surface area contributed by atoms with Gasteiger partial charge in [-0.05, 0) is 11.5 Å². The normalized spacial score (nSPS) is 20.0. The number of rotatable bonds is 7. The fourth-order valence-electron chi connectivity index (χ4n) is 2.80. The van der Waals surface area contributed by atoms with Gasteiger partial charge in [0.05, 0.1) is 12.6 Å². The molecule has 144 valence electrons. The number of ether oxygens (including phenoxy) is 1. The molecule has 8 heteroatoms. The molecule has 2 heterocycles. The molecule has 0 spiro atoms. The number of hydrogen-bond acceptors (Lipinski definition) is 7. The zero-order valence-electron chi connectivity index (χ0n) is 15.5. The van der Waals surface area contributed by atoms with Crippen LogP contribution in [-0.4, -0.2) is 40.6 Å². The number of nitrogens with one attached hydrogen (secondary N) is 2. The van der Waals surface area contributed by atoms with Gasteiger partial charge in [-0.25, -0.2) is 0 Å². The van der Waals surface area contributed by atoms with Gasteiger partial charge in [-0.1, -0.05) is 55.5 Å². The Balaban J connectivity index is 1.47. The molecule has 0 bridgehead atoms. The van der Waals surface area contributed by atoms with Crippen LogP contribution in [0.1, 0.15) is 30.8 Å². The minimum absolute atomic E-state index is 0.0670. The highest BCUT2D eigenvalue weighted by molar-refractivity contribution is 7.15. The molecule has 2 atom stereocenters. The van der Waals surface area contributed by atoms with Crippen molar-refractivity contribution in [1.82, 2.24) is 15.5 Å². The molecule has 0 radical (unpaired) electrons. The lowest BCUT2D eigenvalue weighted by molar-refractivity contribution is -0.137. The van der Waals surface area contributed by atoms with Crippen molar-refractivity contribution in [2.45, 2.75) is 45.4 Å². The number of benzene rings is 1. The molecule has 1 aliphatic rings. The third kappa shape index (κ3) is 5.66. The van der Waals surface area contributed by atoms with Crippen molar-refractivity contribution in [3.8, 4) is 0 Å². The van der Waals surface area contributed by atoms with Gasteiger partial charge < -0.3 is 10.1 Å². The van der Waals surface area contributed by atoms with Crippen molar-refractivity contribution in [3.05, 3.63) is 40.9 Å². The Morgan fingerprint density at radius 2 is 2.11 bits per heavy atom. The summed E-state index contributed by atoms with van der Waals surface area (Å²) in [6.07, 6.45) is 0.394. The van der Waals surface area contributed by atoms with Crippen LogP contribution in [-0.2, 0) is 27.4 Å². The molecule has 7 nitrogen and oxygen atoms in total. The number of piperidine rings is 1. The lowest BCUT2D eigenvalue weighted by Crippen LogP contribution is -2.53. The van der Waals surface area contributed by atoms with Gasteiger partial charge in [-0.2, -0.15) is 0 Å². The van der Waals surface area contributed by atoms with E-state index in [0.29, 0.717) is 24.2 Å². The number of aromatic nitrogens is 2. The number of carbonyl (C=O) groups excluding carboxylic acids is 2. The molecule has 2 unspecified atom stereocenters. The lowest BCUT2D eigenvalue weighted by Gasteiger charge is -2.27. The Hall–Kier alpha value is -2.16. The molecule has 1 aromatic heterocycles. The number of amides is 1. The molecule has 1 amide bonds. The summed E-state index contributed by atoms with van der Waals surface area (Å²) < 4.78 is 5.70. The Morgan fingerprint density at radius 1 is 1.33 bits per heavy atom. The molecule has 0 aliphatic carbocycles. The topological polar surface area (TPSA) is 93.2 Å². The molecule has 2 aromatic rings. The number of anilines is 1. The average molecular weight is 388 g/mol. The fourth-order valence-corrected chi connectivity index (χ4v) is 3.76. The molecule has 1 saturated heterocycles. The minimum atomic E-state index is -0.577. The third-order valence-electron chi connectivity index (χ3n) is 4.20. The van der Waals surface area contributed by atoms with E-state index in [0.717, 1.165) is 17.0 Å². The summed E-state index contributed by atoms with van der Waals surface area (Å²) in [5.74, 6) is 0.145. The summed E-state index contributed by atoms with van der Waals surface area (Å²) in [6, 6.07) is 9.12. The predicted octanol–water partition coefficient (Wildman–Crippen LogP) is 2.19. The Bertz CT molecular complexity index is 778. The zero-order valence-corrected chi connectivity index (χ0v) is 16.3. The van der Waals surface area contributed by atoms with E-state index in [2.05, 4.69) is 34.7 Å². The third-order valence-corrected chi connectivity index (χ3v) is 5.07. The van der Waals surface area contributed by atoms with Crippen LogP contribution in [0.25, 0.3) is 0 Å². The monoisotopic (exact) mass is 388 g/mol. The van der Waals surface area contributed by atoms with E-state index < -0.39 is 12.1 Å². The van der Waals surface area contributed by atoms with Crippen LogP contribution in [0.3, 0.4) is 0 Å². The quantitative estimate of drug-likeness (QED) is 0.755. The van der Waals surface area contributed by atoms with Crippen LogP contribution in [0.5, 0.6) is 0 Å². The van der Waals surface area contributed by atoms with Crippen molar-refractivity contribution in [2.75, 3.05) is 11.9 Å². The maximum absolute atomic E-state index is 12.4. The first-order chi connectivity index (χ1) is 13.0. The van der Waals surface area contributed by atoms with Crippen LogP contribution in [0.2, 0.25) is 0 Å². The first-order valence-electron chi connectivity index (χ1n) is 9.06. The van der Waals surface area contributed by atoms with Crippen LogP contribution < -0.4 is 10.6 Å². The number of Topliss-reactive ketones (excluding diaryl/α,β-unsaturated/α-hetero) is 1. The molecular weight excluding hydrogens is 364 g/mol. The summed E-state index contributed by atoms with van der Waals surface area (Å²) in [7, 11) is 0. The van der Waals surface area contributed by atoms with Gasteiger partial charge >= 0.3 is 0 Å². The van der Waals surface area contributed by atoms with Crippen molar-refractivity contribution in [2.24, 2.45) is 5.92 Å². The summed E-state index contributed by atoms with van der Waals surface area (Å²) in [6.45, 7) is 4.90. The highest BCUT2D eigenvalue weighted by Gasteiger charge is 2.33. The van der Waals surface area contributed by atoms with Gasteiger partial charge in [0.2, 0.25) is 11.0 Å². The van der Waals surface area contributed by atoms with Gasteiger partial charge in [-0.15, -0.1) is 10.2 Å². The smallest absolute Gasteiger partial charge is 0.243 e. The second kappa shape index (κ2) is 9.16. The van der Waals surface area contributed by atoms with Crippen molar-refractivity contribution >= 4 is 28.2 Å². The largest absolute Gasteiger partial charge is 0.364 e. The molecule has 1 fully saturated rings. The van der Waals surface area contributed by atoms with E-state index in [-0.39, 0.29) is 18.1 Å². The number of hydrogen-bond donors (Lipinski definition) is 2. The maximum atomic E-state index is 12.4. The Kier molecular flexibility index (Phi) is 6.65. The second-order valence-corrected chi connectivity index (χ2v) is 8.07. The van der Waals surface area contributed by atoms with E-state index in [4.69, 9.17) is 4.74 Å². The highest BCUT2D eigenvalue weighted by atomic mass is 32.1. The fraction of sp³-hybridized carbons (Fsp3) is 0.474. The van der Waals surface area contributed by atoms with E-state index >= 15 is 0 Å². The number of ketones is 1. The van der Waals surface area contributed by atoms with Crippen molar-refractivity contribution in [1.29, 1.82) is 0 Å². The van der Waals surface area contributed by atoms with Crippen LogP contribution in [0.15, 0.2) is 30.3 Å². The molecule has 0 saturated carbocycles. The minimum Gasteiger partial charge on any atom is -0.364 e. The summed E-state index contributed by atoms with van der Waals surface area (Å²) in [4.78, 5) is 24.7. The maximum Gasteiger partial charge on any atom is 0.243 e. The second-order valence-electron chi connectivity index (χ2n) is 7.00. The summed E-state index contributed by atoms with van der Waals surface area (Å²) >= 11 is 1.37. The van der Waals surface area contributed by atoms with E-state index in [9.17, 15) is 9.59 Å². The van der Waals surface area contributed by atoms with Crippen LogP contribution in [0, 0.1) is 5.92 Å². The van der Waals surface area contributed by atoms with Crippen LogP contribution >= 0.6 is 11.3 Å². The molecule has 3 rings (SSSR count). The van der Waals surface area contributed by atoms with E-state index in [1.165, 1.54) is 11.3 Å². The van der Waals surface area contributed by atoms with Crippen molar-refractivity contribution in [3.63, 3.8) is 0 Å². The summed E-state index contributed by atoms with van der Waals surface area (Å²) in [5, 5.41) is 15.3. The van der Waals surface area contributed by atoms with Gasteiger partial charge in [0.15, 0.2) is 5.78 Å². The first kappa shape index (κ1) is 19.6. The predicted molar refractivity (Wildman–Crippen MR) is 104 cm³/mol. The molecular formula is C19H24N4O3S. The molecule has 1 aliphatic heterocycles. The van der Waals surface area contributed by atoms with Crippen LogP contribution in [0.4, 0.5) is 5.13 Å².